The molecule has 1 aliphatic carbocycles. The summed E-state index contributed by atoms with van der Waals surface area (Å²) >= 11 is 6.27. The number of halogens is 1. The van der Waals surface area contributed by atoms with Crippen LogP contribution in [0.5, 0.6) is 0 Å². The molecule has 2 unspecified atom stereocenters. The molecule has 1 saturated carbocycles. The van der Waals surface area contributed by atoms with Crippen LogP contribution in [0, 0.1) is 11.8 Å². The van der Waals surface area contributed by atoms with Gasteiger partial charge >= 0.3 is 0 Å². The van der Waals surface area contributed by atoms with Gasteiger partial charge in [-0.2, -0.15) is 0 Å². The van der Waals surface area contributed by atoms with Crippen LogP contribution in [0.3, 0.4) is 0 Å². The Hall–Kier alpha value is -1.62. The van der Waals surface area contributed by atoms with Gasteiger partial charge in [0.2, 0.25) is 0 Å². The Morgan fingerprint density at radius 3 is 3.00 bits per heavy atom. The number of anilines is 1. The van der Waals surface area contributed by atoms with E-state index in [1.54, 1.807) is 0 Å². The van der Waals surface area contributed by atoms with E-state index in [4.69, 9.17) is 17.3 Å². The van der Waals surface area contributed by atoms with Crippen molar-refractivity contribution in [1.82, 2.24) is 20.2 Å². The van der Waals surface area contributed by atoms with Gasteiger partial charge in [0.25, 0.3) is 0 Å². The van der Waals surface area contributed by atoms with Crippen LogP contribution < -0.4 is 5.73 Å². The zero-order valence-electron chi connectivity index (χ0n) is 12.2. The van der Waals surface area contributed by atoms with Gasteiger partial charge in [-0.05, 0) is 47.2 Å². The first-order valence-electron chi connectivity index (χ1n) is 7.45. The number of rotatable bonds is 3. The van der Waals surface area contributed by atoms with E-state index in [9.17, 15) is 0 Å². The average Bonchev–Trinajstić information content (AvgIpc) is 2.87. The molecule has 0 spiro atoms. The van der Waals surface area contributed by atoms with Gasteiger partial charge in [-0.15, -0.1) is 5.10 Å². The topological polar surface area (TPSA) is 69.6 Å². The lowest BCUT2D eigenvalue weighted by Crippen LogP contribution is -2.20. The smallest absolute Gasteiger partial charge is 0.185 e. The third kappa shape index (κ3) is 3.02. The lowest BCUT2D eigenvalue weighted by molar-refractivity contribution is 0.249. The minimum absolute atomic E-state index is 0.586. The fraction of sp³-hybridized carbons (Fsp3) is 0.533. The predicted molar refractivity (Wildman–Crippen MR) is 83.8 cm³/mol. The molecule has 1 heterocycles. The zero-order valence-corrected chi connectivity index (χ0v) is 12.9. The van der Waals surface area contributed by atoms with Crippen molar-refractivity contribution in [3.8, 4) is 11.4 Å². The number of nitrogens with two attached hydrogens (primary N) is 1. The molecule has 5 nitrogen and oxygen atoms in total. The second kappa shape index (κ2) is 6.02. The van der Waals surface area contributed by atoms with E-state index in [-0.39, 0.29) is 0 Å². The maximum atomic E-state index is 6.27. The predicted octanol–water partition coefficient (Wildman–Crippen LogP) is 3.40. The Labute approximate surface area is 129 Å². The highest BCUT2D eigenvalue weighted by molar-refractivity contribution is 6.33. The summed E-state index contributed by atoms with van der Waals surface area (Å²) in [4.78, 5) is 0. The Kier molecular flexibility index (Phi) is 4.10. The molecule has 3 rings (SSSR count). The maximum Gasteiger partial charge on any atom is 0.185 e. The SMILES string of the molecule is CC1CCCC(Cn2nnnc2-c2c(N)cccc2Cl)C1. The highest BCUT2D eigenvalue weighted by atomic mass is 35.5. The van der Waals surface area contributed by atoms with Crippen molar-refractivity contribution >= 4 is 17.3 Å². The van der Waals surface area contributed by atoms with Crippen LogP contribution in [0.2, 0.25) is 5.02 Å². The van der Waals surface area contributed by atoms with E-state index in [2.05, 4.69) is 22.4 Å². The highest BCUT2D eigenvalue weighted by Crippen LogP contribution is 2.33. The minimum Gasteiger partial charge on any atom is -0.398 e. The van der Waals surface area contributed by atoms with E-state index in [0.29, 0.717) is 22.5 Å². The molecular formula is C15H20ClN5. The Morgan fingerprint density at radius 1 is 1.38 bits per heavy atom. The van der Waals surface area contributed by atoms with E-state index < -0.39 is 0 Å². The van der Waals surface area contributed by atoms with Crippen molar-refractivity contribution in [2.45, 2.75) is 39.2 Å². The van der Waals surface area contributed by atoms with Gasteiger partial charge in [0, 0.05) is 12.2 Å². The molecule has 1 aliphatic rings. The van der Waals surface area contributed by atoms with Gasteiger partial charge in [0.1, 0.15) is 0 Å². The molecule has 1 aromatic heterocycles. The summed E-state index contributed by atoms with van der Waals surface area (Å²) in [5, 5.41) is 12.7. The Balaban J connectivity index is 1.87. The summed E-state index contributed by atoms with van der Waals surface area (Å²) in [5.41, 5.74) is 7.38. The molecule has 2 N–H and O–H groups in total. The molecular weight excluding hydrogens is 286 g/mol. The van der Waals surface area contributed by atoms with Crippen LogP contribution in [0.15, 0.2) is 18.2 Å². The Morgan fingerprint density at radius 2 is 2.24 bits per heavy atom. The van der Waals surface area contributed by atoms with Gasteiger partial charge in [-0.25, -0.2) is 4.68 Å². The molecule has 2 atom stereocenters. The van der Waals surface area contributed by atoms with E-state index in [1.807, 2.05) is 22.9 Å². The number of hydrogen-bond donors (Lipinski definition) is 1. The minimum atomic E-state index is 0.586. The number of benzene rings is 1. The monoisotopic (exact) mass is 305 g/mol. The third-order valence-corrected chi connectivity index (χ3v) is 4.59. The summed E-state index contributed by atoms with van der Waals surface area (Å²) in [6, 6.07) is 5.47. The third-order valence-electron chi connectivity index (χ3n) is 4.28. The average molecular weight is 306 g/mol. The second-order valence-corrected chi connectivity index (χ2v) is 6.43. The standard InChI is InChI=1S/C15H20ClN5/c1-10-4-2-5-11(8-10)9-21-15(18-19-20-21)14-12(16)6-3-7-13(14)17/h3,6-7,10-11H,2,4-5,8-9,17H2,1H3. The van der Waals surface area contributed by atoms with Gasteiger partial charge < -0.3 is 5.73 Å². The van der Waals surface area contributed by atoms with Gasteiger partial charge in [-0.3, -0.25) is 0 Å². The van der Waals surface area contributed by atoms with Crippen LogP contribution in [-0.4, -0.2) is 20.2 Å². The number of aromatic nitrogens is 4. The quantitative estimate of drug-likeness (QED) is 0.882. The summed E-state index contributed by atoms with van der Waals surface area (Å²) in [7, 11) is 0. The lowest BCUT2D eigenvalue weighted by atomic mass is 9.82. The maximum absolute atomic E-state index is 6.27. The molecule has 0 radical (unpaired) electrons. The highest BCUT2D eigenvalue weighted by Gasteiger charge is 2.22. The number of nitrogen functional groups attached to an aromatic ring is 1. The number of nitrogens with zero attached hydrogens (tertiary/aromatic N) is 4. The molecule has 6 heteroatoms. The van der Waals surface area contributed by atoms with Gasteiger partial charge in [0.05, 0.1) is 10.6 Å². The molecule has 0 saturated heterocycles. The largest absolute Gasteiger partial charge is 0.398 e. The summed E-state index contributed by atoms with van der Waals surface area (Å²) in [5.74, 6) is 2.07. The summed E-state index contributed by atoms with van der Waals surface area (Å²) in [6.45, 7) is 3.15. The molecule has 21 heavy (non-hydrogen) atoms. The van der Waals surface area contributed by atoms with Crippen LogP contribution in [0.4, 0.5) is 5.69 Å². The van der Waals surface area contributed by atoms with Crippen molar-refractivity contribution in [1.29, 1.82) is 0 Å². The van der Waals surface area contributed by atoms with E-state index in [0.717, 1.165) is 18.0 Å². The van der Waals surface area contributed by atoms with Crippen LogP contribution in [-0.2, 0) is 6.54 Å². The first kappa shape index (κ1) is 14.3. The molecule has 0 bridgehead atoms. The number of tetrazole rings is 1. The van der Waals surface area contributed by atoms with Crippen LogP contribution >= 0.6 is 11.6 Å². The Bertz CT molecular complexity index is 604. The fourth-order valence-corrected chi connectivity index (χ4v) is 3.52. The van der Waals surface area contributed by atoms with Crippen LogP contribution in [0.1, 0.15) is 32.6 Å². The summed E-state index contributed by atoms with van der Waals surface area (Å²) < 4.78 is 1.85. The molecule has 0 amide bonds. The number of hydrogen-bond acceptors (Lipinski definition) is 4. The normalized spacial score (nSPS) is 22.4. The van der Waals surface area contributed by atoms with Gasteiger partial charge in [0.15, 0.2) is 5.82 Å². The molecule has 2 aromatic rings. The van der Waals surface area contributed by atoms with Crippen molar-refractivity contribution in [3.05, 3.63) is 23.2 Å². The zero-order chi connectivity index (χ0) is 14.8. The lowest BCUT2D eigenvalue weighted by Gasteiger charge is -2.26. The van der Waals surface area contributed by atoms with Gasteiger partial charge in [-0.1, -0.05) is 37.4 Å². The van der Waals surface area contributed by atoms with Crippen molar-refractivity contribution in [2.24, 2.45) is 11.8 Å². The first-order valence-corrected chi connectivity index (χ1v) is 7.83. The molecule has 0 aliphatic heterocycles. The second-order valence-electron chi connectivity index (χ2n) is 6.03. The fourth-order valence-electron chi connectivity index (χ4n) is 3.25. The van der Waals surface area contributed by atoms with E-state index in [1.165, 1.54) is 25.7 Å². The first-order chi connectivity index (χ1) is 10.1. The summed E-state index contributed by atoms with van der Waals surface area (Å²) in [6.07, 6.45) is 5.09. The molecule has 1 fully saturated rings. The van der Waals surface area contributed by atoms with Crippen molar-refractivity contribution in [2.75, 3.05) is 5.73 Å². The van der Waals surface area contributed by atoms with Crippen molar-refractivity contribution in [3.63, 3.8) is 0 Å². The molecule has 1 aromatic carbocycles. The van der Waals surface area contributed by atoms with Crippen LogP contribution in [0.25, 0.3) is 11.4 Å². The van der Waals surface area contributed by atoms with Crippen molar-refractivity contribution < 1.29 is 0 Å². The molecule has 112 valence electrons. The van der Waals surface area contributed by atoms with E-state index >= 15 is 0 Å².